The Kier molecular flexibility index (Phi) is 7.84. The van der Waals surface area contributed by atoms with Crippen molar-refractivity contribution in [3.63, 3.8) is 0 Å². The molecule has 7 nitrogen and oxygen atoms in total. The van der Waals surface area contributed by atoms with E-state index in [2.05, 4.69) is 22.2 Å². The van der Waals surface area contributed by atoms with Crippen LogP contribution in [0.4, 0.5) is 5.69 Å². The Labute approximate surface area is 233 Å². The lowest BCUT2D eigenvalue weighted by molar-refractivity contribution is 0.102. The summed E-state index contributed by atoms with van der Waals surface area (Å²) in [5, 5.41) is 4.10. The average molecular weight is 536 g/mol. The van der Waals surface area contributed by atoms with E-state index in [4.69, 9.17) is 9.47 Å². The first kappa shape index (κ1) is 27.0. The smallest absolute Gasteiger partial charge is 0.257 e. The Balaban J connectivity index is 1.25. The number of rotatable bonds is 9. The molecule has 0 fully saturated rings. The quantitative estimate of drug-likeness (QED) is 0.229. The third kappa shape index (κ3) is 5.55. The van der Waals surface area contributed by atoms with Crippen LogP contribution in [0.1, 0.15) is 27.0 Å². The second kappa shape index (κ2) is 11.6. The van der Waals surface area contributed by atoms with Gasteiger partial charge in [-0.05, 0) is 79.5 Å². The minimum Gasteiger partial charge on any atom is -0.493 e. The van der Waals surface area contributed by atoms with Crippen molar-refractivity contribution >= 4 is 33.4 Å². The van der Waals surface area contributed by atoms with Crippen molar-refractivity contribution in [2.24, 2.45) is 0 Å². The number of fused-ring (bicyclic) bond motifs is 2. The van der Waals surface area contributed by atoms with Crippen molar-refractivity contribution < 1.29 is 14.3 Å². The zero-order valence-electron chi connectivity index (χ0n) is 23.2. The number of para-hydroxylation sites is 2. The van der Waals surface area contributed by atoms with Gasteiger partial charge < -0.3 is 24.7 Å². The van der Waals surface area contributed by atoms with Gasteiger partial charge in [-0.2, -0.15) is 0 Å². The third-order valence-corrected chi connectivity index (χ3v) is 7.22. The monoisotopic (exact) mass is 535 g/mol. The lowest BCUT2D eigenvalue weighted by atomic mass is 10.0. The van der Waals surface area contributed by atoms with Crippen molar-refractivity contribution in [2.45, 2.75) is 19.9 Å². The normalized spacial score (nSPS) is 11.2. The number of anilines is 1. The lowest BCUT2D eigenvalue weighted by Crippen LogP contribution is -2.20. The van der Waals surface area contributed by atoms with E-state index < -0.39 is 0 Å². The Morgan fingerprint density at radius 2 is 1.52 bits per heavy atom. The molecule has 0 atom stereocenters. The summed E-state index contributed by atoms with van der Waals surface area (Å²) in [7, 11) is 5.36. The number of benzene rings is 4. The number of H-pyrrole nitrogens is 1. The molecule has 204 valence electrons. The van der Waals surface area contributed by atoms with Crippen LogP contribution in [0.5, 0.6) is 11.5 Å². The fourth-order valence-electron chi connectivity index (χ4n) is 5.00. The minimum atomic E-state index is -0.267. The number of ether oxygens (including phenoxy) is 2. The Hall–Kier alpha value is -4.62. The van der Waals surface area contributed by atoms with Gasteiger partial charge in [0, 0.05) is 29.5 Å². The summed E-state index contributed by atoms with van der Waals surface area (Å²) in [5.74, 6) is 1.18. The first-order valence-corrected chi connectivity index (χ1v) is 13.2. The fraction of sp³-hybridized carbons (Fsp3) is 0.212. The molecule has 4 aromatic carbocycles. The van der Waals surface area contributed by atoms with Crippen LogP contribution in [-0.4, -0.2) is 43.6 Å². The predicted molar refractivity (Wildman–Crippen MR) is 161 cm³/mol. The highest BCUT2D eigenvalue weighted by Gasteiger charge is 2.15. The molecule has 0 spiro atoms. The lowest BCUT2D eigenvalue weighted by Gasteiger charge is -2.18. The number of methoxy groups -OCH3 is 2. The summed E-state index contributed by atoms with van der Waals surface area (Å²) in [6.07, 6.45) is 0.870. The Morgan fingerprint density at radius 3 is 2.25 bits per heavy atom. The number of amides is 1. The summed E-state index contributed by atoms with van der Waals surface area (Å²) >= 11 is 0. The van der Waals surface area contributed by atoms with Gasteiger partial charge in [-0.25, -0.2) is 0 Å². The summed E-state index contributed by atoms with van der Waals surface area (Å²) in [6, 6.07) is 24.7. The molecule has 40 heavy (non-hydrogen) atoms. The number of carbonyl (C=O) groups is 1. The van der Waals surface area contributed by atoms with E-state index in [0.29, 0.717) is 27.5 Å². The second-order valence-corrected chi connectivity index (χ2v) is 10.0. The van der Waals surface area contributed by atoms with Crippen LogP contribution in [-0.2, 0) is 13.0 Å². The molecule has 5 rings (SSSR count). The number of likely N-dealkylation sites (N-methyl/N-ethyl adjacent to an activating group) is 1. The van der Waals surface area contributed by atoms with Gasteiger partial charge in [-0.15, -0.1) is 0 Å². The van der Waals surface area contributed by atoms with Gasteiger partial charge in [0.2, 0.25) is 0 Å². The highest BCUT2D eigenvalue weighted by Crippen LogP contribution is 2.28. The van der Waals surface area contributed by atoms with Crippen molar-refractivity contribution in [3.8, 4) is 11.5 Å². The zero-order valence-corrected chi connectivity index (χ0v) is 23.2. The minimum absolute atomic E-state index is 0.0810. The molecule has 0 saturated carbocycles. The summed E-state index contributed by atoms with van der Waals surface area (Å²) in [4.78, 5) is 32.0. The van der Waals surface area contributed by atoms with Gasteiger partial charge in [0.15, 0.2) is 16.9 Å². The first-order valence-electron chi connectivity index (χ1n) is 13.2. The third-order valence-electron chi connectivity index (χ3n) is 7.22. The van der Waals surface area contributed by atoms with Crippen molar-refractivity contribution in [1.82, 2.24) is 9.88 Å². The van der Waals surface area contributed by atoms with Crippen molar-refractivity contribution in [3.05, 3.63) is 111 Å². The highest BCUT2D eigenvalue weighted by atomic mass is 16.5. The number of aryl methyl sites for hydroxylation is 1. The van der Waals surface area contributed by atoms with E-state index >= 15 is 0 Å². The molecule has 0 saturated heterocycles. The number of aromatic nitrogens is 1. The maximum Gasteiger partial charge on any atom is 0.257 e. The van der Waals surface area contributed by atoms with E-state index in [0.717, 1.165) is 47.7 Å². The van der Waals surface area contributed by atoms with Crippen LogP contribution in [0.3, 0.4) is 0 Å². The van der Waals surface area contributed by atoms with E-state index in [-0.39, 0.29) is 11.3 Å². The van der Waals surface area contributed by atoms with Gasteiger partial charge in [-0.3, -0.25) is 9.59 Å². The molecule has 5 aromatic rings. The molecular formula is C33H33N3O4. The van der Waals surface area contributed by atoms with E-state index in [1.165, 1.54) is 5.56 Å². The largest absolute Gasteiger partial charge is 0.493 e. The number of hydrogen-bond acceptors (Lipinski definition) is 5. The number of carbonyl (C=O) groups excluding carboxylic acids is 1. The fourth-order valence-corrected chi connectivity index (χ4v) is 5.00. The number of nitrogens with zero attached hydrogens (tertiary/aromatic N) is 1. The summed E-state index contributed by atoms with van der Waals surface area (Å²) in [5.41, 5.74) is 5.62. The van der Waals surface area contributed by atoms with Gasteiger partial charge in [0.25, 0.3) is 5.91 Å². The number of aromatic amines is 1. The molecule has 1 heterocycles. The second-order valence-electron chi connectivity index (χ2n) is 10.0. The molecule has 2 N–H and O–H groups in total. The maximum atomic E-state index is 13.3. The SMILES string of the molecule is COc1ccc(CN(C)CCc2ccc(NC(=O)c3cccc4c(=O)c5cccc(C)c5[nH]c34)cc2)cc1OC. The zero-order chi connectivity index (χ0) is 28.2. The molecule has 0 bridgehead atoms. The Morgan fingerprint density at radius 1 is 0.850 bits per heavy atom. The van der Waals surface area contributed by atoms with Gasteiger partial charge in [-0.1, -0.05) is 36.4 Å². The van der Waals surface area contributed by atoms with Crippen LogP contribution in [0.2, 0.25) is 0 Å². The van der Waals surface area contributed by atoms with Crippen LogP contribution in [0.25, 0.3) is 21.8 Å². The molecular weight excluding hydrogens is 502 g/mol. The van der Waals surface area contributed by atoms with Crippen LogP contribution >= 0.6 is 0 Å². The molecule has 0 unspecified atom stereocenters. The van der Waals surface area contributed by atoms with Gasteiger partial charge in [0.1, 0.15) is 0 Å². The standard InChI is InChI=1S/C33H33N3O4/c1-21-7-5-8-25-30(21)35-31-26(32(25)37)9-6-10-27(31)33(38)34-24-14-11-22(12-15-24)17-18-36(2)20-23-13-16-28(39-3)29(19-23)40-4/h5-16,19H,17-18,20H2,1-4H3,(H,34,38)(H,35,37). The average Bonchev–Trinajstić information content (AvgIpc) is 2.97. The van der Waals surface area contributed by atoms with E-state index in [9.17, 15) is 9.59 Å². The Bertz CT molecular complexity index is 1740. The summed E-state index contributed by atoms with van der Waals surface area (Å²) in [6.45, 7) is 3.61. The van der Waals surface area contributed by atoms with Gasteiger partial charge in [0.05, 0.1) is 30.8 Å². The maximum absolute atomic E-state index is 13.3. The van der Waals surface area contributed by atoms with Crippen LogP contribution in [0.15, 0.2) is 83.7 Å². The predicted octanol–water partition coefficient (Wildman–Crippen LogP) is 5.93. The van der Waals surface area contributed by atoms with Crippen molar-refractivity contribution in [1.29, 1.82) is 0 Å². The van der Waals surface area contributed by atoms with Crippen LogP contribution < -0.4 is 20.2 Å². The number of nitrogens with one attached hydrogen (secondary N) is 2. The molecule has 7 heteroatoms. The van der Waals surface area contributed by atoms with Crippen molar-refractivity contribution in [2.75, 3.05) is 33.1 Å². The van der Waals surface area contributed by atoms with Crippen LogP contribution in [0, 0.1) is 6.92 Å². The molecule has 0 aliphatic heterocycles. The molecule has 1 aromatic heterocycles. The van der Waals surface area contributed by atoms with E-state index in [1.54, 1.807) is 32.4 Å². The summed E-state index contributed by atoms with van der Waals surface area (Å²) < 4.78 is 10.7. The first-order chi connectivity index (χ1) is 19.4. The molecule has 0 aliphatic carbocycles. The number of pyridine rings is 1. The van der Waals surface area contributed by atoms with Gasteiger partial charge >= 0.3 is 0 Å². The molecule has 1 amide bonds. The van der Waals surface area contributed by atoms with E-state index in [1.807, 2.05) is 67.6 Å². The highest BCUT2D eigenvalue weighted by molar-refractivity contribution is 6.13. The molecule has 0 radical (unpaired) electrons. The topological polar surface area (TPSA) is 83.7 Å². The number of hydrogen-bond donors (Lipinski definition) is 2. The molecule has 0 aliphatic rings.